The highest BCUT2D eigenvalue weighted by atomic mass is 35.5. The lowest BCUT2D eigenvalue weighted by molar-refractivity contribution is -0.137. The highest BCUT2D eigenvalue weighted by Gasteiger charge is 2.31. The molecule has 7 heteroatoms. The Morgan fingerprint density at radius 2 is 1.95 bits per heavy atom. The fourth-order valence-electron chi connectivity index (χ4n) is 2.93. The Kier molecular flexibility index (Phi) is 7.09. The largest absolute Gasteiger partial charge is 0.416 e. The van der Waals surface area contributed by atoms with Crippen molar-refractivity contribution in [3.63, 3.8) is 0 Å². The Hall–Kier alpha value is -0.850. The molecule has 2 N–H and O–H groups in total. The molecule has 1 heterocycles. The molecular weight excluding hydrogens is 320 g/mol. The van der Waals surface area contributed by atoms with Gasteiger partial charge in [-0.2, -0.15) is 13.2 Å². The maximum atomic E-state index is 13.4. The topological polar surface area (TPSA) is 29.3 Å². The van der Waals surface area contributed by atoms with Gasteiger partial charge >= 0.3 is 6.18 Å². The molecule has 1 aromatic rings. The van der Waals surface area contributed by atoms with Crippen LogP contribution in [0, 0.1) is 11.7 Å². The first kappa shape index (κ1) is 19.2. The Bertz CT molecular complexity index is 477. The minimum absolute atomic E-state index is 0. The number of halogens is 5. The third-order valence-corrected chi connectivity index (χ3v) is 3.87. The number of nitrogens with two attached hydrogens (primary N) is 1. The van der Waals surface area contributed by atoms with Gasteiger partial charge in [0.2, 0.25) is 0 Å². The predicted octanol–water partition coefficient (Wildman–Crippen LogP) is 3.83. The zero-order valence-electron chi connectivity index (χ0n) is 12.2. The summed E-state index contributed by atoms with van der Waals surface area (Å²) in [6, 6.07) is 2.76. The molecule has 1 saturated heterocycles. The highest BCUT2D eigenvalue weighted by molar-refractivity contribution is 5.85. The second kappa shape index (κ2) is 8.13. The number of benzene rings is 1. The fourth-order valence-corrected chi connectivity index (χ4v) is 2.93. The zero-order chi connectivity index (χ0) is 15.5. The molecule has 0 bridgehead atoms. The lowest BCUT2D eigenvalue weighted by Crippen LogP contribution is -2.35. The first-order valence-electron chi connectivity index (χ1n) is 7.17. The molecule has 1 fully saturated rings. The van der Waals surface area contributed by atoms with Gasteiger partial charge in [-0.05, 0) is 62.0 Å². The average molecular weight is 341 g/mol. The van der Waals surface area contributed by atoms with E-state index >= 15 is 0 Å². The molecule has 126 valence electrons. The summed E-state index contributed by atoms with van der Waals surface area (Å²) in [5, 5.41) is 0. The first-order chi connectivity index (χ1) is 9.88. The number of hydrogen-bond acceptors (Lipinski definition) is 2. The number of nitrogens with zero attached hydrogens (tertiary/aromatic N) is 1. The van der Waals surface area contributed by atoms with Crippen molar-refractivity contribution in [2.24, 2.45) is 11.7 Å². The SMILES string of the molecule is Cl.NCCC1CCCN(Cc2cc(F)cc(C(F)(F)F)c2)C1. The molecule has 1 aliphatic rings. The third kappa shape index (κ3) is 5.41. The van der Waals surface area contributed by atoms with Gasteiger partial charge in [-0.3, -0.25) is 4.90 Å². The molecule has 2 rings (SSSR count). The maximum absolute atomic E-state index is 13.4. The van der Waals surface area contributed by atoms with Crippen LogP contribution in [0.15, 0.2) is 18.2 Å². The minimum atomic E-state index is -4.51. The van der Waals surface area contributed by atoms with E-state index < -0.39 is 17.6 Å². The highest BCUT2D eigenvalue weighted by Crippen LogP contribution is 2.31. The van der Waals surface area contributed by atoms with Gasteiger partial charge in [0.15, 0.2) is 0 Å². The smallest absolute Gasteiger partial charge is 0.330 e. The van der Waals surface area contributed by atoms with Crippen LogP contribution in [-0.4, -0.2) is 24.5 Å². The van der Waals surface area contributed by atoms with Crippen molar-refractivity contribution in [1.29, 1.82) is 0 Å². The summed E-state index contributed by atoms with van der Waals surface area (Å²) in [6.45, 7) is 2.62. The summed E-state index contributed by atoms with van der Waals surface area (Å²) in [4.78, 5) is 2.08. The van der Waals surface area contributed by atoms with Gasteiger partial charge in [0.25, 0.3) is 0 Å². The number of alkyl halides is 3. The zero-order valence-corrected chi connectivity index (χ0v) is 13.0. The van der Waals surface area contributed by atoms with Crippen molar-refractivity contribution in [1.82, 2.24) is 4.90 Å². The lowest BCUT2D eigenvalue weighted by Gasteiger charge is -2.32. The van der Waals surface area contributed by atoms with E-state index in [0.717, 1.165) is 38.4 Å². The van der Waals surface area contributed by atoms with Gasteiger partial charge in [0.1, 0.15) is 5.82 Å². The Balaban J connectivity index is 0.00000242. The van der Waals surface area contributed by atoms with Gasteiger partial charge in [0, 0.05) is 13.1 Å². The molecule has 0 saturated carbocycles. The number of likely N-dealkylation sites (tertiary alicyclic amines) is 1. The van der Waals surface area contributed by atoms with E-state index in [9.17, 15) is 17.6 Å². The Morgan fingerprint density at radius 1 is 1.23 bits per heavy atom. The minimum Gasteiger partial charge on any atom is -0.330 e. The molecule has 0 aliphatic carbocycles. The van der Waals surface area contributed by atoms with Crippen LogP contribution in [0.4, 0.5) is 17.6 Å². The van der Waals surface area contributed by atoms with E-state index in [0.29, 0.717) is 30.6 Å². The monoisotopic (exact) mass is 340 g/mol. The summed E-state index contributed by atoms with van der Waals surface area (Å²) in [5.41, 5.74) is 5.00. The van der Waals surface area contributed by atoms with Crippen molar-refractivity contribution in [2.45, 2.75) is 32.0 Å². The molecule has 0 aromatic heterocycles. The third-order valence-electron chi connectivity index (χ3n) is 3.87. The van der Waals surface area contributed by atoms with E-state index in [4.69, 9.17) is 5.73 Å². The molecule has 22 heavy (non-hydrogen) atoms. The quantitative estimate of drug-likeness (QED) is 0.844. The van der Waals surface area contributed by atoms with Crippen LogP contribution in [0.1, 0.15) is 30.4 Å². The van der Waals surface area contributed by atoms with E-state index in [1.807, 2.05) is 0 Å². The van der Waals surface area contributed by atoms with Crippen LogP contribution in [0.3, 0.4) is 0 Å². The van der Waals surface area contributed by atoms with E-state index in [-0.39, 0.29) is 12.4 Å². The second-order valence-electron chi connectivity index (χ2n) is 5.67. The molecule has 1 atom stereocenters. The van der Waals surface area contributed by atoms with Crippen molar-refractivity contribution in [3.05, 3.63) is 35.1 Å². The molecule has 2 nitrogen and oxygen atoms in total. The number of piperidine rings is 1. The molecule has 0 radical (unpaired) electrons. The summed E-state index contributed by atoms with van der Waals surface area (Å²) in [5.74, 6) is -0.352. The number of hydrogen-bond donors (Lipinski definition) is 1. The summed E-state index contributed by atoms with van der Waals surface area (Å²) >= 11 is 0. The van der Waals surface area contributed by atoms with Crippen LogP contribution < -0.4 is 5.73 Å². The summed E-state index contributed by atoms with van der Waals surface area (Å²) in [7, 11) is 0. The van der Waals surface area contributed by atoms with Gasteiger partial charge in [-0.25, -0.2) is 4.39 Å². The second-order valence-corrected chi connectivity index (χ2v) is 5.67. The molecule has 0 amide bonds. The van der Waals surface area contributed by atoms with E-state index in [1.165, 1.54) is 6.07 Å². The van der Waals surface area contributed by atoms with Gasteiger partial charge in [0.05, 0.1) is 5.56 Å². The van der Waals surface area contributed by atoms with Crippen molar-refractivity contribution >= 4 is 12.4 Å². The van der Waals surface area contributed by atoms with Gasteiger partial charge in [-0.15, -0.1) is 12.4 Å². The predicted molar refractivity (Wildman–Crippen MR) is 80.3 cm³/mol. The van der Waals surface area contributed by atoms with Crippen molar-refractivity contribution < 1.29 is 17.6 Å². The summed E-state index contributed by atoms with van der Waals surface area (Å²) < 4.78 is 51.5. The lowest BCUT2D eigenvalue weighted by atomic mass is 9.94. The molecule has 0 spiro atoms. The average Bonchev–Trinajstić information content (AvgIpc) is 2.38. The van der Waals surface area contributed by atoms with Crippen LogP contribution in [0.25, 0.3) is 0 Å². The molecule has 1 aromatic carbocycles. The number of rotatable bonds is 4. The fraction of sp³-hybridized carbons (Fsp3) is 0.600. The van der Waals surface area contributed by atoms with Crippen molar-refractivity contribution in [2.75, 3.05) is 19.6 Å². The van der Waals surface area contributed by atoms with Crippen LogP contribution in [0.2, 0.25) is 0 Å². The first-order valence-corrected chi connectivity index (χ1v) is 7.17. The van der Waals surface area contributed by atoms with E-state index in [2.05, 4.69) is 4.90 Å². The van der Waals surface area contributed by atoms with Gasteiger partial charge < -0.3 is 5.73 Å². The molecule has 1 aliphatic heterocycles. The van der Waals surface area contributed by atoms with E-state index in [1.54, 1.807) is 0 Å². The summed E-state index contributed by atoms with van der Waals surface area (Å²) in [6.07, 6.45) is -1.48. The Morgan fingerprint density at radius 3 is 2.59 bits per heavy atom. The van der Waals surface area contributed by atoms with Crippen LogP contribution in [0.5, 0.6) is 0 Å². The van der Waals surface area contributed by atoms with Gasteiger partial charge in [-0.1, -0.05) is 0 Å². The Labute approximate surface area is 134 Å². The molecule has 1 unspecified atom stereocenters. The normalized spacial score (nSPS) is 19.8. The van der Waals surface area contributed by atoms with Crippen molar-refractivity contribution in [3.8, 4) is 0 Å². The maximum Gasteiger partial charge on any atom is 0.416 e. The standard InChI is InChI=1S/C15H20F4N2.ClH/c16-14-7-12(6-13(8-14)15(17,18)19)10-21-5-1-2-11(9-21)3-4-20;/h6-8,11H,1-5,9-10,20H2;1H. The van der Waals surface area contributed by atoms with Crippen LogP contribution >= 0.6 is 12.4 Å². The molecular formula is C15H21ClF4N2. The van der Waals surface area contributed by atoms with Crippen LogP contribution in [-0.2, 0) is 12.7 Å².